The van der Waals surface area contributed by atoms with Gasteiger partial charge in [-0.15, -0.1) is 0 Å². The summed E-state index contributed by atoms with van der Waals surface area (Å²) in [6.07, 6.45) is 3.20. The Morgan fingerprint density at radius 1 is 1.28 bits per heavy atom. The molecule has 0 unspecified atom stereocenters. The van der Waals surface area contributed by atoms with Crippen LogP contribution in [-0.4, -0.2) is 13.1 Å². The molecule has 0 atom stereocenters. The zero-order chi connectivity index (χ0) is 14.1. The summed E-state index contributed by atoms with van der Waals surface area (Å²) in [4.78, 5) is 4.57. The molecule has 0 radical (unpaired) electrons. The molecule has 1 aromatic rings. The highest BCUT2D eigenvalue weighted by molar-refractivity contribution is 6.89. The third-order valence-electron chi connectivity index (χ3n) is 2.96. The maximum absolute atomic E-state index is 4.57. The van der Waals surface area contributed by atoms with Crippen molar-refractivity contribution in [2.45, 2.75) is 53.8 Å². The van der Waals surface area contributed by atoms with E-state index in [1.165, 1.54) is 10.8 Å². The monoisotopic (exact) mass is 261 g/mol. The first-order valence-electron chi connectivity index (χ1n) is 6.66. The second-order valence-corrected chi connectivity index (χ2v) is 12.5. The highest BCUT2D eigenvalue weighted by Gasteiger charge is 2.23. The number of pyridine rings is 1. The number of nitrogens with zero attached hydrogens (tertiary/aromatic N) is 1. The van der Waals surface area contributed by atoms with Gasteiger partial charge in [-0.05, 0) is 41.1 Å². The molecule has 0 aliphatic rings. The SMILES string of the molecule is C=C(C)c1cc(CC(C)(C)C)c([Si](C)(C)C)cn1. The first kappa shape index (κ1) is 15.2. The molecular formula is C16H27NSi. The van der Waals surface area contributed by atoms with E-state index >= 15 is 0 Å². The van der Waals surface area contributed by atoms with E-state index in [0.717, 1.165) is 17.7 Å². The van der Waals surface area contributed by atoms with Crippen molar-refractivity contribution in [1.82, 2.24) is 4.98 Å². The lowest BCUT2D eigenvalue weighted by Gasteiger charge is -2.26. The minimum absolute atomic E-state index is 0.308. The van der Waals surface area contributed by atoms with Crippen molar-refractivity contribution in [2.24, 2.45) is 5.41 Å². The predicted octanol–water partition coefficient (Wildman–Crippen LogP) is 4.25. The molecule has 0 spiro atoms. The summed E-state index contributed by atoms with van der Waals surface area (Å²) in [5, 5.41) is 1.49. The Kier molecular flexibility index (Phi) is 4.21. The van der Waals surface area contributed by atoms with Gasteiger partial charge in [0.25, 0.3) is 0 Å². The Bertz CT molecular complexity index is 447. The molecule has 0 aliphatic heterocycles. The number of rotatable bonds is 3. The van der Waals surface area contributed by atoms with Crippen molar-refractivity contribution < 1.29 is 0 Å². The number of allylic oxidation sites excluding steroid dienone is 1. The molecule has 0 saturated carbocycles. The second kappa shape index (κ2) is 5.00. The van der Waals surface area contributed by atoms with Crippen LogP contribution in [0, 0.1) is 5.41 Å². The molecule has 100 valence electrons. The van der Waals surface area contributed by atoms with E-state index in [1.54, 1.807) is 0 Å². The van der Waals surface area contributed by atoms with Gasteiger partial charge >= 0.3 is 0 Å². The fourth-order valence-electron chi connectivity index (χ4n) is 2.12. The minimum atomic E-state index is -1.33. The van der Waals surface area contributed by atoms with Gasteiger partial charge in [0.2, 0.25) is 0 Å². The summed E-state index contributed by atoms with van der Waals surface area (Å²) in [6.45, 7) is 20.1. The summed E-state index contributed by atoms with van der Waals surface area (Å²) in [5.74, 6) is 0. The molecule has 0 bridgehead atoms. The van der Waals surface area contributed by atoms with Crippen LogP contribution in [0.1, 0.15) is 39.0 Å². The van der Waals surface area contributed by atoms with Gasteiger partial charge in [0.05, 0.1) is 13.8 Å². The van der Waals surface area contributed by atoms with Gasteiger partial charge in [-0.1, -0.05) is 47.0 Å². The van der Waals surface area contributed by atoms with Gasteiger partial charge in [-0.25, -0.2) is 0 Å². The topological polar surface area (TPSA) is 12.9 Å². The van der Waals surface area contributed by atoms with Crippen LogP contribution >= 0.6 is 0 Å². The lowest BCUT2D eigenvalue weighted by atomic mass is 9.88. The van der Waals surface area contributed by atoms with Crippen LogP contribution in [0.15, 0.2) is 18.8 Å². The van der Waals surface area contributed by atoms with Gasteiger partial charge in [0.1, 0.15) is 0 Å². The first-order chi connectivity index (χ1) is 8.00. The minimum Gasteiger partial charge on any atom is -0.257 e. The van der Waals surface area contributed by atoms with Crippen LogP contribution in [0.2, 0.25) is 19.6 Å². The molecule has 0 fully saturated rings. The Morgan fingerprint density at radius 2 is 1.83 bits per heavy atom. The van der Waals surface area contributed by atoms with Crippen LogP contribution in [-0.2, 0) is 6.42 Å². The molecule has 0 amide bonds. The predicted molar refractivity (Wildman–Crippen MR) is 85.1 cm³/mol. The first-order valence-corrected chi connectivity index (χ1v) is 10.2. The zero-order valence-corrected chi connectivity index (χ0v) is 14.0. The fourth-order valence-corrected chi connectivity index (χ4v) is 3.70. The van der Waals surface area contributed by atoms with Crippen molar-refractivity contribution >= 4 is 18.8 Å². The van der Waals surface area contributed by atoms with E-state index in [4.69, 9.17) is 0 Å². The maximum Gasteiger partial charge on any atom is 0.0799 e. The molecule has 0 N–H and O–H groups in total. The zero-order valence-electron chi connectivity index (χ0n) is 13.0. The maximum atomic E-state index is 4.57. The molecule has 1 aromatic heterocycles. The van der Waals surface area contributed by atoms with Crippen LogP contribution in [0.3, 0.4) is 0 Å². The van der Waals surface area contributed by atoms with E-state index in [0.29, 0.717) is 5.41 Å². The summed E-state index contributed by atoms with van der Waals surface area (Å²) in [7, 11) is -1.33. The van der Waals surface area contributed by atoms with Gasteiger partial charge in [-0.3, -0.25) is 4.98 Å². The standard InChI is InChI=1S/C16H27NSi/c1-12(2)14-9-13(10-16(3,4)5)15(11-17-14)18(6,7)8/h9,11H,1,10H2,2-8H3. The lowest BCUT2D eigenvalue weighted by molar-refractivity contribution is 0.412. The highest BCUT2D eigenvalue weighted by atomic mass is 28.3. The van der Waals surface area contributed by atoms with E-state index in [-0.39, 0.29) is 0 Å². The summed E-state index contributed by atoms with van der Waals surface area (Å²) in [6, 6.07) is 2.25. The third-order valence-corrected chi connectivity index (χ3v) is 5.02. The van der Waals surface area contributed by atoms with E-state index in [9.17, 15) is 0 Å². The molecule has 0 aliphatic carbocycles. The van der Waals surface area contributed by atoms with Crippen LogP contribution in [0.25, 0.3) is 5.57 Å². The van der Waals surface area contributed by atoms with Crippen molar-refractivity contribution in [2.75, 3.05) is 0 Å². The van der Waals surface area contributed by atoms with Gasteiger partial charge in [0.15, 0.2) is 0 Å². The van der Waals surface area contributed by atoms with E-state index < -0.39 is 8.07 Å². The number of hydrogen-bond acceptors (Lipinski definition) is 1. The lowest BCUT2D eigenvalue weighted by Crippen LogP contribution is -2.41. The van der Waals surface area contributed by atoms with Gasteiger partial charge in [-0.2, -0.15) is 0 Å². The second-order valence-electron chi connectivity index (χ2n) is 7.49. The average molecular weight is 261 g/mol. The molecule has 0 saturated heterocycles. The molecule has 2 heteroatoms. The van der Waals surface area contributed by atoms with Crippen molar-refractivity contribution in [3.63, 3.8) is 0 Å². The largest absolute Gasteiger partial charge is 0.257 e. The van der Waals surface area contributed by atoms with Crippen molar-refractivity contribution in [3.8, 4) is 0 Å². The molecule has 18 heavy (non-hydrogen) atoms. The fraction of sp³-hybridized carbons (Fsp3) is 0.562. The van der Waals surface area contributed by atoms with Crippen molar-refractivity contribution in [1.29, 1.82) is 0 Å². The quantitative estimate of drug-likeness (QED) is 0.741. The number of aromatic nitrogens is 1. The molecule has 0 aromatic carbocycles. The molecular weight excluding hydrogens is 234 g/mol. The Balaban J connectivity index is 3.32. The Labute approximate surface area is 113 Å². The summed E-state index contributed by atoms with van der Waals surface area (Å²) >= 11 is 0. The molecule has 1 rings (SSSR count). The number of hydrogen-bond donors (Lipinski definition) is 0. The summed E-state index contributed by atoms with van der Waals surface area (Å²) < 4.78 is 0. The normalized spacial score (nSPS) is 12.6. The average Bonchev–Trinajstić information content (AvgIpc) is 2.12. The van der Waals surface area contributed by atoms with Gasteiger partial charge < -0.3 is 0 Å². The van der Waals surface area contributed by atoms with Crippen molar-refractivity contribution in [3.05, 3.63) is 30.1 Å². The van der Waals surface area contributed by atoms with Crippen LogP contribution in [0.5, 0.6) is 0 Å². The van der Waals surface area contributed by atoms with E-state index in [1.807, 2.05) is 6.92 Å². The molecule has 1 nitrogen and oxygen atoms in total. The third kappa shape index (κ3) is 4.09. The molecule has 1 heterocycles. The summed E-state index contributed by atoms with van der Waals surface area (Å²) in [5.41, 5.74) is 3.86. The van der Waals surface area contributed by atoms with Crippen LogP contribution in [0.4, 0.5) is 0 Å². The highest BCUT2D eigenvalue weighted by Crippen LogP contribution is 2.22. The van der Waals surface area contributed by atoms with Crippen LogP contribution < -0.4 is 5.19 Å². The van der Waals surface area contributed by atoms with Gasteiger partial charge in [0, 0.05) is 6.20 Å². The Morgan fingerprint density at radius 3 is 2.22 bits per heavy atom. The smallest absolute Gasteiger partial charge is 0.0799 e. The Hall–Kier alpha value is -0.893. The van der Waals surface area contributed by atoms with E-state index in [2.05, 4.69) is 64.2 Å².